The van der Waals surface area contributed by atoms with E-state index < -0.39 is 5.91 Å². The number of pyridine rings is 1. The number of nitrogens with zero attached hydrogens (tertiary/aromatic N) is 1. The molecular formula is C18H20BrN3O2. The van der Waals surface area contributed by atoms with Gasteiger partial charge in [0.05, 0.1) is 5.56 Å². The number of ether oxygens (including phenoxy) is 1. The van der Waals surface area contributed by atoms with Gasteiger partial charge in [0, 0.05) is 35.8 Å². The predicted molar refractivity (Wildman–Crippen MR) is 97.1 cm³/mol. The zero-order chi connectivity index (χ0) is 17.0. The lowest BCUT2D eigenvalue weighted by Crippen LogP contribution is -2.40. The summed E-state index contributed by atoms with van der Waals surface area (Å²) in [6.07, 6.45) is 3.41. The minimum atomic E-state index is -0.468. The van der Waals surface area contributed by atoms with Crippen molar-refractivity contribution in [2.45, 2.75) is 18.3 Å². The minimum Gasteiger partial charge on any atom is -0.381 e. The highest BCUT2D eigenvalue weighted by Crippen LogP contribution is 2.36. The summed E-state index contributed by atoms with van der Waals surface area (Å²) >= 11 is 3.56. The Kier molecular flexibility index (Phi) is 5.16. The number of benzene rings is 1. The first kappa shape index (κ1) is 16.9. The Labute approximate surface area is 149 Å². The number of hydrogen-bond donors (Lipinski definition) is 2. The van der Waals surface area contributed by atoms with Crippen molar-refractivity contribution >= 4 is 27.7 Å². The number of nitrogens with one attached hydrogen (secondary N) is 1. The van der Waals surface area contributed by atoms with Gasteiger partial charge >= 0.3 is 0 Å². The van der Waals surface area contributed by atoms with Crippen molar-refractivity contribution in [3.05, 3.63) is 58.2 Å². The van der Waals surface area contributed by atoms with E-state index in [2.05, 4.69) is 44.4 Å². The summed E-state index contributed by atoms with van der Waals surface area (Å²) in [5.74, 6) is 0.268. The quantitative estimate of drug-likeness (QED) is 0.823. The van der Waals surface area contributed by atoms with E-state index in [1.165, 1.54) is 11.8 Å². The van der Waals surface area contributed by atoms with Gasteiger partial charge in [0.2, 0.25) is 5.91 Å². The van der Waals surface area contributed by atoms with Crippen LogP contribution in [-0.4, -0.2) is 30.6 Å². The Hall–Kier alpha value is -1.92. The van der Waals surface area contributed by atoms with Gasteiger partial charge < -0.3 is 15.8 Å². The summed E-state index contributed by atoms with van der Waals surface area (Å²) in [7, 11) is 0. The Bertz CT molecular complexity index is 712. The summed E-state index contributed by atoms with van der Waals surface area (Å²) in [4.78, 5) is 15.4. The second kappa shape index (κ2) is 7.32. The summed E-state index contributed by atoms with van der Waals surface area (Å²) in [6.45, 7) is 2.26. The minimum absolute atomic E-state index is 0.00602. The van der Waals surface area contributed by atoms with E-state index in [0.29, 0.717) is 5.56 Å². The number of anilines is 1. The van der Waals surface area contributed by atoms with Crippen LogP contribution in [0.4, 0.5) is 5.82 Å². The second-order valence-corrected chi connectivity index (χ2v) is 6.97. The fourth-order valence-electron chi connectivity index (χ4n) is 3.05. The molecule has 6 heteroatoms. The Morgan fingerprint density at radius 3 is 2.71 bits per heavy atom. The third-order valence-corrected chi connectivity index (χ3v) is 5.04. The van der Waals surface area contributed by atoms with Crippen LogP contribution >= 0.6 is 15.9 Å². The molecule has 1 aliphatic rings. The molecule has 3 rings (SSSR count). The van der Waals surface area contributed by atoms with Gasteiger partial charge in [-0.1, -0.05) is 28.1 Å². The molecule has 2 heterocycles. The first-order valence-electron chi connectivity index (χ1n) is 7.93. The highest BCUT2D eigenvalue weighted by Gasteiger charge is 2.34. The summed E-state index contributed by atoms with van der Waals surface area (Å²) in [5.41, 5.74) is 6.96. The lowest BCUT2D eigenvalue weighted by Gasteiger charge is -2.38. The maximum atomic E-state index is 11.1. The molecule has 1 fully saturated rings. The van der Waals surface area contributed by atoms with E-state index in [1.54, 1.807) is 12.1 Å². The third-order valence-electron chi connectivity index (χ3n) is 4.54. The number of primary amides is 1. The molecule has 0 bridgehead atoms. The number of hydrogen-bond acceptors (Lipinski definition) is 4. The average molecular weight is 390 g/mol. The van der Waals surface area contributed by atoms with Crippen LogP contribution in [0.15, 0.2) is 47.1 Å². The summed E-state index contributed by atoms with van der Waals surface area (Å²) in [5, 5.41) is 3.41. The molecular weight excluding hydrogens is 370 g/mol. The van der Waals surface area contributed by atoms with Crippen LogP contribution in [0.2, 0.25) is 0 Å². The zero-order valence-electron chi connectivity index (χ0n) is 13.3. The number of halogens is 1. The lowest BCUT2D eigenvalue weighted by molar-refractivity contribution is 0.0543. The molecule has 1 aromatic carbocycles. The molecule has 1 aliphatic heterocycles. The van der Waals surface area contributed by atoms with Crippen molar-refractivity contribution in [1.29, 1.82) is 0 Å². The van der Waals surface area contributed by atoms with Crippen molar-refractivity contribution in [1.82, 2.24) is 4.98 Å². The van der Waals surface area contributed by atoms with E-state index in [4.69, 9.17) is 10.5 Å². The van der Waals surface area contributed by atoms with E-state index in [-0.39, 0.29) is 5.41 Å². The lowest BCUT2D eigenvalue weighted by atomic mass is 9.74. The first-order valence-corrected chi connectivity index (χ1v) is 8.72. The Morgan fingerprint density at radius 2 is 2.08 bits per heavy atom. The normalized spacial score (nSPS) is 16.5. The molecule has 3 N–H and O–H groups in total. The maximum Gasteiger partial charge on any atom is 0.250 e. The van der Waals surface area contributed by atoms with Crippen molar-refractivity contribution in [3.63, 3.8) is 0 Å². The van der Waals surface area contributed by atoms with Crippen LogP contribution in [0, 0.1) is 0 Å². The van der Waals surface area contributed by atoms with E-state index >= 15 is 0 Å². The van der Waals surface area contributed by atoms with Gasteiger partial charge in [-0.2, -0.15) is 0 Å². The largest absolute Gasteiger partial charge is 0.381 e. The van der Waals surface area contributed by atoms with Crippen molar-refractivity contribution in [3.8, 4) is 0 Å². The van der Waals surface area contributed by atoms with Crippen LogP contribution in [0.1, 0.15) is 28.8 Å². The number of carbonyl (C=O) groups excluding carboxylic acids is 1. The van der Waals surface area contributed by atoms with Crippen LogP contribution in [-0.2, 0) is 10.2 Å². The van der Waals surface area contributed by atoms with Gasteiger partial charge in [-0.25, -0.2) is 4.98 Å². The molecule has 126 valence electrons. The zero-order valence-corrected chi connectivity index (χ0v) is 14.9. The number of carbonyl (C=O) groups is 1. The molecule has 1 amide bonds. The van der Waals surface area contributed by atoms with Gasteiger partial charge in [-0.05, 0) is 42.7 Å². The number of aromatic nitrogens is 1. The Balaban J connectivity index is 1.78. The van der Waals surface area contributed by atoms with Crippen LogP contribution in [0.5, 0.6) is 0 Å². The fraction of sp³-hybridized carbons (Fsp3) is 0.333. The Morgan fingerprint density at radius 1 is 1.29 bits per heavy atom. The molecule has 0 aliphatic carbocycles. The molecule has 0 spiro atoms. The van der Waals surface area contributed by atoms with Gasteiger partial charge in [0.25, 0.3) is 0 Å². The van der Waals surface area contributed by atoms with Crippen molar-refractivity contribution in [2.24, 2.45) is 5.73 Å². The van der Waals surface area contributed by atoms with Crippen LogP contribution < -0.4 is 11.1 Å². The molecule has 2 aromatic rings. The first-order chi connectivity index (χ1) is 11.6. The highest BCUT2D eigenvalue weighted by molar-refractivity contribution is 9.10. The SMILES string of the molecule is NC(=O)c1ccc(NCC2(c3cccc(Br)c3)CCOCC2)nc1. The summed E-state index contributed by atoms with van der Waals surface area (Å²) in [6, 6.07) is 11.9. The van der Waals surface area contributed by atoms with Gasteiger partial charge in [-0.3, -0.25) is 4.79 Å². The molecule has 1 saturated heterocycles. The number of nitrogens with two attached hydrogens (primary N) is 1. The van der Waals surface area contributed by atoms with E-state index in [0.717, 1.165) is 42.9 Å². The molecule has 0 unspecified atom stereocenters. The maximum absolute atomic E-state index is 11.1. The van der Waals surface area contributed by atoms with E-state index in [9.17, 15) is 4.79 Å². The molecule has 0 radical (unpaired) electrons. The standard InChI is InChI=1S/C18H20BrN3O2/c19-15-3-1-2-14(10-15)18(6-8-24-9-7-18)12-22-16-5-4-13(11-21-16)17(20)23/h1-5,10-11H,6-9,12H2,(H2,20,23)(H,21,22). The van der Waals surface area contributed by atoms with Crippen molar-refractivity contribution in [2.75, 3.05) is 25.1 Å². The van der Waals surface area contributed by atoms with Gasteiger partial charge in [0.1, 0.15) is 5.82 Å². The topological polar surface area (TPSA) is 77.2 Å². The van der Waals surface area contributed by atoms with Gasteiger partial charge in [0.15, 0.2) is 0 Å². The smallest absolute Gasteiger partial charge is 0.250 e. The summed E-state index contributed by atoms with van der Waals surface area (Å²) < 4.78 is 6.64. The third kappa shape index (κ3) is 3.76. The molecule has 0 atom stereocenters. The second-order valence-electron chi connectivity index (χ2n) is 6.05. The monoisotopic (exact) mass is 389 g/mol. The average Bonchev–Trinajstić information content (AvgIpc) is 2.61. The molecule has 1 aromatic heterocycles. The van der Waals surface area contributed by atoms with Crippen LogP contribution in [0.3, 0.4) is 0 Å². The van der Waals surface area contributed by atoms with Gasteiger partial charge in [-0.15, -0.1) is 0 Å². The fourth-order valence-corrected chi connectivity index (χ4v) is 3.45. The molecule has 24 heavy (non-hydrogen) atoms. The highest BCUT2D eigenvalue weighted by atomic mass is 79.9. The predicted octanol–water partition coefficient (Wildman–Crippen LogP) is 3.10. The number of amides is 1. The molecule has 0 saturated carbocycles. The van der Waals surface area contributed by atoms with Crippen LogP contribution in [0.25, 0.3) is 0 Å². The van der Waals surface area contributed by atoms with Crippen molar-refractivity contribution < 1.29 is 9.53 Å². The van der Waals surface area contributed by atoms with E-state index in [1.807, 2.05) is 6.07 Å². The number of rotatable bonds is 5. The molecule has 5 nitrogen and oxygen atoms in total.